The van der Waals surface area contributed by atoms with Gasteiger partial charge in [0.25, 0.3) is 0 Å². The molecule has 2 amide bonds. The predicted molar refractivity (Wildman–Crippen MR) is 114 cm³/mol. The van der Waals surface area contributed by atoms with Crippen LogP contribution in [0.5, 0.6) is 5.75 Å². The van der Waals surface area contributed by atoms with Crippen LogP contribution in [0.2, 0.25) is 0 Å². The molecule has 2 heterocycles. The van der Waals surface area contributed by atoms with Gasteiger partial charge < -0.3 is 19.1 Å². The van der Waals surface area contributed by atoms with Crippen molar-refractivity contribution in [3.8, 4) is 5.75 Å². The quantitative estimate of drug-likeness (QED) is 0.683. The summed E-state index contributed by atoms with van der Waals surface area (Å²) in [5.41, 5.74) is 2.52. The van der Waals surface area contributed by atoms with Crippen molar-refractivity contribution in [3.63, 3.8) is 0 Å². The van der Waals surface area contributed by atoms with Gasteiger partial charge in [0.2, 0.25) is 11.8 Å². The zero-order valence-electron chi connectivity index (χ0n) is 18.1. The number of ether oxygens (including phenoxy) is 1. The Labute approximate surface area is 177 Å². The molecule has 1 aliphatic heterocycles. The maximum absolute atomic E-state index is 12.6. The van der Waals surface area contributed by atoms with Crippen LogP contribution in [0.25, 0.3) is 6.08 Å². The number of amides is 2. The maximum Gasteiger partial charge on any atom is 0.246 e. The molecule has 3 rings (SSSR count). The van der Waals surface area contributed by atoms with E-state index >= 15 is 0 Å². The number of nitrogens with zero attached hydrogens (tertiary/aromatic N) is 3. The maximum atomic E-state index is 12.6. The average molecular weight is 412 g/mol. The standard InChI is InChI=1S/C23H29N3O4/c1-16(2)29-20-7-5-6-19(14-20)8-9-22(27)25-10-12-26(13-11-25)23(28)15-21-17(3)24-30-18(21)4/h5-9,14,16H,10-13,15H2,1-4H3/b9-8+. The summed E-state index contributed by atoms with van der Waals surface area (Å²) in [6, 6.07) is 7.65. The molecular weight excluding hydrogens is 382 g/mol. The third-order valence-electron chi connectivity index (χ3n) is 5.10. The van der Waals surface area contributed by atoms with E-state index < -0.39 is 0 Å². The summed E-state index contributed by atoms with van der Waals surface area (Å²) in [6.07, 6.45) is 3.76. The number of piperazine rings is 1. The summed E-state index contributed by atoms with van der Waals surface area (Å²) in [6.45, 7) is 9.71. The Morgan fingerprint density at radius 2 is 1.87 bits per heavy atom. The minimum absolute atomic E-state index is 0.0361. The minimum Gasteiger partial charge on any atom is -0.491 e. The van der Waals surface area contributed by atoms with E-state index in [2.05, 4.69) is 5.16 Å². The molecule has 7 nitrogen and oxygen atoms in total. The number of aryl methyl sites for hydroxylation is 2. The Balaban J connectivity index is 1.51. The van der Waals surface area contributed by atoms with Gasteiger partial charge in [0, 0.05) is 37.8 Å². The van der Waals surface area contributed by atoms with E-state index in [1.807, 2.05) is 52.0 Å². The molecule has 0 spiro atoms. The lowest BCUT2D eigenvalue weighted by molar-refractivity contribution is -0.136. The van der Waals surface area contributed by atoms with Crippen LogP contribution in [0.1, 0.15) is 36.4 Å². The molecule has 160 valence electrons. The molecule has 1 aliphatic rings. The van der Waals surface area contributed by atoms with Crippen molar-refractivity contribution in [3.05, 3.63) is 52.9 Å². The third-order valence-corrected chi connectivity index (χ3v) is 5.10. The average Bonchev–Trinajstić information content (AvgIpc) is 3.04. The first-order chi connectivity index (χ1) is 14.3. The predicted octanol–water partition coefficient (Wildman–Crippen LogP) is 3.01. The molecule has 0 atom stereocenters. The van der Waals surface area contributed by atoms with Crippen LogP contribution in [0, 0.1) is 13.8 Å². The van der Waals surface area contributed by atoms with Crippen molar-refractivity contribution < 1.29 is 18.8 Å². The van der Waals surface area contributed by atoms with Crippen LogP contribution < -0.4 is 4.74 Å². The fourth-order valence-corrected chi connectivity index (χ4v) is 3.43. The Morgan fingerprint density at radius 1 is 1.17 bits per heavy atom. The molecule has 0 bridgehead atoms. The largest absolute Gasteiger partial charge is 0.491 e. The fraction of sp³-hybridized carbons (Fsp3) is 0.435. The van der Waals surface area contributed by atoms with Gasteiger partial charge in [-0.25, -0.2) is 0 Å². The molecule has 0 unspecified atom stereocenters. The summed E-state index contributed by atoms with van der Waals surface area (Å²) in [4.78, 5) is 28.7. The summed E-state index contributed by atoms with van der Waals surface area (Å²) in [5, 5.41) is 3.90. The van der Waals surface area contributed by atoms with E-state index in [9.17, 15) is 9.59 Å². The first-order valence-corrected chi connectivity index (χ1v) is 10.3. The van der Waals surface area contributed by atoms with Crippen LogP contribution in [0.3, 0.4) is 0 Å². The summed E-state index contributed by atoms with van der Waals surface area (Å²) >= 11 is 0. The molecule has 0 radical (unpaired) electrons. The fourth-order valence-electron chi connectivity index (χ4n) is 3.43. The number of hydrogen-bond acceptors (Lipinski definition) is 5. The van der Waals surface area contributed by atoms with E-state index in [1.165, 1.54) is 0 Å². The van der Waals surface area contributed by atoms with E-state index in [4.69, 9.17) is 9.26 Å². The number of aromatic nitrogens is 1. The number of carbonyl (C=O) groups excluding carboxylic acids is 2. The molecule has 1 aromatic carbocycles. The highest BCUT2D eigenvalue weighted by atomic mass is 16.5. The molecule has 30 heavy (non-hydrogen) atoms. The van der Waals surface area contributed by atoms with E-state index in [-0.39, 0.29) is 24.3 Å². The van der Waals surface area contributed by atoms with Gasteiger partial charge in [-0.15, -0.1) is 0 Å². The van der Waals surface area contributed by atoms with Crippen LogP contribution >= 0.6 is 0 Å². The van der Waals surface area contributed by atoms with Gasteiger partial charge >= 0.3 is 0 Å². The molecule has 0 N–H and O–H groups in total. The van der Waals surface area contributed by atoms with Gasteiger partial charge in [0.15, 0.2) is 0 Å². The first-order valence-electron chi connectivity index (χ1n) is 10.3. The first kappa shape index (κ1) is 21.6. The SMILES string of the molecule is Cc1noc(C)c1CC(=O)N1CCN(C(=O)/C=C/c2cccc(OC(C)C)c2)CC1. The lowest BCUT2D eigenvalue weighted by Crippen LogP contribution is -2.50. The van der Waals surface area contributed by atoms with Crippen LogP contribution in [0.4, 0.5) is 0 Å². The van der Waals surface area contributed by atoms with Crippen LogP contribution in [-0.2, 0) is 16.0 Å². The van der Waals surface area contributed by atoms with Crippen molar-refractivity contribution in [2.45, 2.75) is 40.2 Å². The van der Waals surface area contributed by atoms with Crippen molar-refractivity contribution in [2.24, 2.45) is 0 Å². The van der Waals surface area contributed by atoms with E-state index in [0.29, 0.717) is 31.9 Å². The van der Waals surface area contributed by atoms with Crippen LogP contribution in [0.15, 0.2) is 34.9 Å². The Hall–Kier alpha value is -3.09. The van der Waals surface area contributed by atoms with E-state index in [0.717, 1.165) is 22.6 Å². The Bertz CT molecular complexity index is 905. The van der Waals surface area contributed by atoms with Crippen LogP contribution in [-0.4, -0.2) is 59.1 Å². The van der Waals surface area contributed by atoms with Gasteiger partial charge in [-0.1, -0.05) is 17.3 Å². The second-order valence-electron chi connectivity index (χ2n) is 7.76. The summed E-state index contributed by atoms with van der Waals surface area (Å²) < 4.78 is 10.8. The van der Waals surface area contributed by atoms with Crippen molar-refractivity contribution in [1.82, 2.24) is 15.0 Å². The molecule has 1 fully saturated rings. The smallest absolute Gasteiger partial charge is 0.246 e. The lowest BCUT2D eigenvalue weighted by atomic mass is 10.1. The minimum atomic E-state index is -0.0528. The highest BCUT2D eigenvalue weighted by Gasteiger charge is 2.24. The molecule has 7 heteroatoms. The molecule has 2 aromatic rings. The number of carbonyl (C=O) groups is 2. The number of benzene rings is 1. The molecule has 0 saturated carbocycles. The summed E-state index contributed by atoms with van der Waals surface area (Å²) in [5.74, 6) is 1.45. The topological polar surface area (TPSA) is 75.9 Å². The van der Waals surface area contributed by atoms with Gasteiger partial charge in [0.1, 0.15) is 11.5 Å². The monoisotopic (exact) mass is 411 g/mol. The van der Waals surface area contributed by atoms with Gasteiger partial charge in [-0.2, -0.15) is 0 Å². The zero-order chi connectivity index (χ0) is 21.7. The number of rotatable bonds is 6. The van der Waals surface area contributed by atoms with Gasteiger partial charge in [0.05, 0.1) is 18.2 Å². The number of hydrogen-bond donors (Lipinski definition) is 0. The molecule has 1 saturated heterocycles. The van der Waals surface area contributed by atoms with Gasteiger partial charge in [-0.3, -0.25) is 9.59 Å². The Kier molecular flexibility index (Phi) is 6.92. The van der Waals surface area contributed by atoms with E-state index in [1.54, 1.807) is 22.0 Å². The Morgan fingerprint density at radius 3 is 2.50 bits per heavy atom. The van der Waals surface area contributed by atoms with Crippen molar-refractivity contribution >= 4 is 17.9 Å². The molecular formula is C23H29N3O4. The second kappa shape index (κ2) is 9.61. The zero-order valence-corrected chi connectivity index (χ0v) is 18.1. The highest BCUT2D eigenvalue weighted by molar-refractivity contribution is 5.92. The molecule has 0 aliphatic carbocycles. The van der Waals surface area contributed by atoms with Gasteiger partial charge in [-0.05, 0) is 51.5 Å². The third kappa shape index (κ3) is 5.49. The highest BCUT2D eigenvalue weighted by Crippen LogP contribution is 2.17. The lowest BCUT2D eigenvalue weighted by Gasteiger charge is -2.34. The van der Waals surface area contributed by atoms with Crippen molar-refractivity contribution in [1.29, 1.82) is 0 Å². The summed E-state index contributed by atoms with van der Waals surface area (Å²) in [7, 11) is 0. The second-order valence-corrected chi connectivity index (χ2v) is 7.76. The molecule has 1 aromatic heterocycles. The van der Waals surface area contributed by atoms with Crippen molar-refractivity contribution in [2.75, 3.05) is 26.2 Å². The normalized spacial score (nSPS) is 14.6.